The summed E-state index contributed by atoms with van der Waals surface area (Å²) in [6.45, 7) is 0. The summed E-state index contributed by atoms with van der Waals surface area (Å²) in [5.41, 5.74) is 14.1. The molecule has 2 nitrogen and oxygen atoms in total. The first-order valence-electron chi connectivity index (χ1n) is 22.7. The minimum atomic E-state index is 1.09. The number of rotatable bonds is 7. The topological polar surface area (TPSA) is 8.17 Å². The van der Waals surface area contributed by atoms with Gasteiger partial charge in [-0.3, -0.25) is 0 Å². The van der Waals surface area contributed by atoms with Gasteiger partial charge < -0.3 is 9.47 Å². The van der Waals surface area contributed by atoms with Gasteiger partial charge in [0.15, 0.2) is 0 Å². The SMILES string of the molecule is c1ccc(-c2ccc3cccc(-c4ccc(N(c5ccc(-c6ccc7c8ccc9ccccc9c8n(-c8ccccc8)c7c6)cc5)c5ccc6ccc7ccccc7c6c5)cc4)c3c2)cc1. The molecule has 0 aliphatic carbocycles. The number of hydrogen-bond acceptors (Lipinski definition) is 1. The summed E-state index contributed by atoms with van der Waals surface area (Å²) in [4.78, 5) is 2.40. The Morgan fingerprint density at radius 1 is 0.258 bits per heavy atom. The molecule has 0 fully saturated rings. The molecule has 1 aromatic heterocycles. The average molecular weight is 839 g/mol. The molecule has 0 radical (unpaired) electrons. The lowest BCUT2D eigenvalue weighted by Crippen LogP contribution is -2.10. The first kappa shape index (κ1) is 37.8. The second-order valence-corrected chi connectivity index (χ2v) is 17.3. The highest BCUT2D eigenvalue weighted by Crippen LogP contribution is 2.42. The number of benzene rings is 12. The van der Waals surface area contributed by atoms with Gasteiger partial charge in [0.1, 0.15) is 0 Å². The normalized spacial score (nSPS) is 11.6. The van der Waals surface area contributed by atoms with E-state index < -0.39 is 0 Å². The van der Waals surface area contributed by atoms with Gasteiger partial charge in [-0.25, -0.2) is 0 Å². The van der Waals surface area contributed by atoms with E-state index in [9.17, 15) is 0 Å². The zero-order valence-corrected chi connectivity index (χ0v) is 36.1. The van der Waals surface area contributed by atoms with Gasteiger partial charge in [0.2, 0.25) is 0 Å². The molecule has 12 aromatic carbocycles. The lowest BCUT2D eigenvalue weighted by atomic mass is 9.94. The van der Waals surface area contributed by atoms with Crippen LogP contribution in [-0.2, 0) is 0 Å². The van der Waals surface area contributed by atoms with Crippen molar-refractivity contribution in [3.8, 4) is 39.1 Å². The standard InChI is InChI=1S/C64H42N2/c1-3-12-43(13-4-1)50-25-24-47-16-11-21-57(61(47)40-50)48-28-35-54(36-29-48)65(55-37-30-49-23-22-45-14-7-9-19-56(45)62(49)42-55)53-33-26-44(27-34-53)51-32-38-59-60-39-31-46-15-8-10-20-58(46)64(60)66(63(59)41-51)52-17-5-2-6-18-52/h1-42H. The Balaban J connectivity index is 0.932. The van der Waals surface area contributed by atoms with Crippen LogP contribution >= 0.6 is 0 Å². The van der Waals surface area contributed by atoms with Crippen molar-refractivity contribution in [2.45, 2.75) is 0 Å². The van der Waals surface area contributed by atoms with Crippen LogP contribution < -0.4 is 4.90 Å². The van der Waals surface area contributed by atoms with E-state index in [1.54, 1.807) is 0 Å². The largest absolute Gasteiger partial charge is 0.310 e. The van der Waals surface area contributed by atoms with Crippen molar-refractivity contribution in [2.24, 2.45) is 0 Å². The van der Waals surface area contributed by atoms with E-state index >= 15 is 0 Å². The maximum atomic E-state index is 2.44. The average Bonchev–Trinajstić information content (AvgIpc) is 3.73. The third-order valence-corrected chi connectivity index (χ3v) is 13.5. The van der Waals surface area contributed by atoms with Crippen LogP contribution in [-0.4, -0.2) is 4.57 Å². The number of aromatic nitrogens is 1. The molecule has 13 rings (SSSR count). The van der Waals surface area contributed by atoms with E-state index in [0.717, 1.165) is 22.7 Å². The molecule has 0 aliphatic rings. The maximum Gasteiger partial charge on any atom is 0.0619 e. The zero-order chi connectivity index (χ0) is 43.6. The first-order valence-corrected chi connectivity index (χ1v) is 22.7. The maximum absolute atomic E-state index is 2.44. The van der Waals surface area contributed by atoms with Crippen LogP contribution in [0.3, 0.4) is 0 Å². The van der Waals surface area contributed by atoms with Crippen molar-refractivity contribution in [3.05, 3.63) is 255 Å². The molecule has 0 N–H and O–H groups in total. The van der Waals surface area contributed by atoms with Gasteiger partial charge in [-0.05, 0) is 132 Å². The van der Waals surface area contributed by atoms with Gasteiger partial charge >= 0.3 is 0 Å². The highest BCUT2D eigenvalue weighted by atomic mass is 15.1. The Labute approximate surface area is 383 Å². The molecule has 0 saturated heterocycles. The predicted molar refractivity (Wildman–Crippen MR) is 282 cm³/mol. The molecule has 0 amide bonds. The third-order valence-electron chi connectivity index (χ3n) is 13.5. The Hall–Kier alpha value is -8.72. The fraction of sp³-hybridized carbons (Fsp3) is 0. The zero-order valence-electron chi connectivity index (χ0n) is 36.1. The second-order valence-electron chi connectivity index (χ2n) is 17.3. The molecule has 2 heteroatoms. The summed E-state index contributed by atoms with van der Waals surface area (Å²) in [7, 11) is 0. The molecule has 0 saturated carbocycles. The van der Waals surface area contributed by atoms with Gasteiger partial charge in [0.05, 0.1) is 11.0 Å². The Bertz CT molecular complexity index is 3960. The van der Waals surface area contributed by atoms with Crippen LogP contribution in [0.15, 0.2) is 255 Å². The van der Waals surface area contributed by atoms with E-state index in [1.807, 2.05) is 0 Å². The summed E-state index contributed by atoms with van der Waals surface area (Å²) in [5.74, 6) is 0. The third kappa shape index (κ3) is 6.34. The predicted octanol–water partition coefficient (Wildman–Crippen LogP) is 17.9. The van der Waals surface area contributed by atoms with Crippen LogP contribution in [0.4, 0.5) is 17.1 Å². The van der Waals surface area contributed by atoms with Crippen molar-refractivity contribution < 1.29 is 0 Å². The van der Waals surface area contributed by atoms with Crippen LogP contribution in [0.5, 0.6) is 0 Å². The van der Waals surface area contributed by atoms with Crippen molar-refractivity contribution >= 4 is 82.0 Å². The van der Waals surface area contributed by atoms with Gasteiger partial charge in [-0.2, -0.15) is 0 Å². The molecule has 0 bridgehead atoms. The molecule has 1 heterocycles. The summed E-state index contributed by atoms with van der Waals surface area (Å²) < 4.78 is 2.44. The summed E-state index contributed by atoms with van der Waals surface area (Å²) in [6, 6.07) is 93.3. The molecular formula is C64H42N2. The second kappa shape index (κ2) is 15.5. The van der Waals surface area contributed by atoms with Gasteiger partial charge in [0, 0.05) is 38.9 Å². The van der Waals surface area contributed by atoms with E-state index in [0.29, 0.717) is 0 Å². The van der Waals surface area contributed by atoms with Gasteiger partial charge in [-0.15, -0.1) is 0 Å². The molecule has 0 aliphatic heterocycles. The molecule has 0 atom stereocenters. The smallest absolute Gasteiger partial charge is 0.0619 e. The lowest BCUT2D eigenvalue weighted by Gasteiger charge is -2.26. The van der Waals surface area contributed by atoms with E-state index in [1.165, 1.54) is 98.3 Å². The van der Waals surface area contributed by atoms with E-state index in [-0.39, 0.29) is 0 Å². The summed E-state index contributed by atoms with van der Waals surface area (Å²) >= 11 is 0. The molecule has 13 aromatic rings. The number of fused-ring (bicyclic) bond motifs is 9. The first-order chi connectivity index (χ1) is 32.7. The van der Waals surface area contributed by atoms with Crippen LogP contribution in [0.2, 0.25) is 0 Å². The molecular weight excluding hydrogens is 797 g/mol. The van der Waals surface area contributed by atoms with E-state index in [4.69, 9.17) is 0 Å². The van der Waals surface area contributed by atoms with Crippen LogP contribution in [0.25, 0.3) is 104 Å². The minimum absolute atomic E-state index is 1.09. The fourth-order valence-electron chi connectivity index (χ4n) is 10.3. The van der Waals surface area contributed by atoms with Crippen LogP contribution in [0.1, 0.15) is 0 Å². The molecule has 0 spiro atoms. The Morgan fingerprint density at radius 2 is 0.758 bits per heavy atom. The number of hydrogen-bond donors (Lipinski definition) is 0. The number of para-hydroxylation sites is 1. The summed E-state index contributed by atoms with van der Waals surface area (Å²) in [6.07, 6.45) is 0. The molecule has 0 unspecified atom stereocenters. The van der Waals surface area contributed by atoms with Gasteiger partial charge in [0.25, 0.3) is 0 Å². The van der Waals surface area contributed by atoms with Crippen LogP contribution in [0, 0.1) is 0 Å². The lowest BCUT2D eigenvalue weighted by molar-refractivity contribution is 1.19. The van der Waals surface area contributed by atoms with Crippen molar-refractivity contribution in [1.29, 1.82) is 0 Å². The highest BCUT2D eigenvalue weighted by Gasteiger charge is 2.18. The minimum Gasteiger partial charge on any atom is -0.310 e. The quantitative estimate of drug-likeness (QED) is 0.145. The number of nitrogens with zero attached hydrogens (tertiary/aromatic N) is 2. The Morgan fingerprint density at radius 3 is 1.53 bits per heavy atom. The highest BCUT2D eigenvalue weighted by molar-refractivity contribution is 6.19. The van der Waals surface area contributed by atoms with E-state index in [2.05, 4.69) is 264 Å². The number of anilines is 3. The monoisotopic (exact) mass is 838 g/mol. The fourth-order valence-corrected chi connectivity index (χ4v) is 10.3. The molecule has 66 heavy (non-hydrogen) atoms. The van der Waals surface area contributed by atoms with Crippen molar-refractivity contribution in [1.82, 2.24) is 4.57 Å². The Kier molecular flexibility index (Phi) is 8.89. The summed E-state index contributed by atoms with van der Waals surface area (Å²) in [5, 5.41) is 12.4. The van der Waals surface area contributed by atoms with Crippen molar-refractivity contribution in [2.75, 3.05) is 4.90 Å². The van der Waals surface area contributed by atoms with Gasteiger partial charge in [-0.1, -0.05) is 194 Å². The molecule has 308 valence electrons. The van der Waals surface area contributed by atoms with Crippen molar-refractivity contribution in [3.63, 3.8) is 0 Å².